The molecule has 0 amide bonds. The van der Waals surface area contributed by atoms with Crippen molar-refractivity contribution in [1.29, 1.82) is 0 Å². The highest BCUT2D eigenvalue weighted by molar-refractivity contribution is 9.10. The maximum absolute atomic E-state index is 10.8. The van der Waals surface area contributed by atoms with E-state index in [0.29, 0.717) is 18.1 Å². The van der Waals surface area contributed by atoms with Gasteiger partial charge in [0.25, 0.3) is 5.69 Å². The number of non-ortho nitro benzene ring substituents is 1. The molecule has 1 saturated heterocycles. The lowest BCUT2D eigenvalue weighted by Crippen LogP contribution is -2.63. The van der Waals surface area contributed by atoms with Crippen molar-refractivity contribution in [2.24, 2.45) is 11.3 Å². The van der Waals surface area contributed by atoms with E-state index in [1.807, 2.05) is 0 Å². The third-order valence-electron chi connectivity index (χ3n) is 4.57. The number of nitrogens with zero attached hydrogens (tertiary/aromatic N) is 1. The van der Waals surface area contributed by atoms with Gasteiger partial charge in [-0.2, -0.15) is 0 Å². The predicted octanol–water partition coefficient (Wildman–Crippen LogP) is 3.58. The van der Waals surface area contributed by atoms with Gasteiger partial charge in [0.15, 0.2) is 0 Å². The summed E-state index contributed by atoms with van der Waals surface area (Å²) in [6.07, 6.45) is 1.41. The van der Waals surface area contributed by atoms with Crippen LogP contribution in [-0.2, 0) is 4.74 Å². The Labute approximate surface area is 126 Å². The van der Waals surface area contributed by atoms with E-state index in [9.17, 15) is 10.1 Å². The number of fused-ring (bicyclic) bond motifs is 1. The third-order valence-corrected chi connectivity index (χ3v) is 5.23. The first-order valence-electron chi connectivity index (χ1n) is 6.73. The van der Waals surface area contributed by atoms with Crippen LogP contribution in [0.3, 0.4) is 0 Å². The zero-order valence-electron chi connectivity index (χ0n) is 11.4. The van der Waals surface area contributed by atoms with Crippen molar-refractivity contribution < 1.29 is 9.66 Å². The van der Waals surface area contributed by atoms with E-state index in [2.05, 4.69) is 35.1 Å². The average Bonchev–Trinajstić information content (AvgIpc) is 2.83. The SMILES string of the molecule is CC1(C)C(Nc2ccc([N+](=O)[O-])cc2Br)C2CCOC21. The van der Waals surface area contributed by atoms with Crippen molar-refractivity contribution in [3.05, 3.63) is 32.8 Å². The monoisotopic (exact) mass is 340 g/mol. The molecule has 1 aliphatic carbocycles. The molecule has 0 bridgehead atoms. The van der Waals surface area contributed by atoms with Gasteiger partial charge in [-0.1, -0.05) is 13.8 Å². The quantitative estimate of drug-likeness (QED) is 0.674. The van der Waals surface area contributed by atoms with Gasteiger partial charge in [-0.25, -0.2) is 0 Å². The van der Waals surface area contributed by atoms with Crippen molar-refractivity contribution in [3.8, 4) is 0 Å². The number of hydrogen-bond donors (Lipinski definition) is 1. The summed E-state index contributed by atoms with van der Waals surface area (Å²) in [5, 5.41) is 14.3. The van der Waals surface area contributed by atoms with Gasteiger partial charge in [0.2, 0.25) is 0 Å². The van der Waals surface area contributed by atoms with Crippen LogP contribution >= 0.6 is 15.9 Å². The van der Waals surface area contributed by atoms with Crippen molar-refractivity contribution in [2.45, 2.75) is 32.4 Å². The average molecular weight is 341 g/mol. The van der Waals surface area contributed by atoms with Crippen molar-refractivity contribution in [2.75, 3.05) is 11.9 Å². The highest BCUT2D eigenvalue weighted by Gasteiger charge is 2.59. The Hall–Kier alpha value is -1.14. The molecule has 20 heavy (non-hydrogen) atoms. The number of nitrogens with one attached hydrogen (secondary N) is 1. The second-order valence-electron chi connectivity index (χ2n) is 6.11. The Balaban J connectivity index is 1.80. The number of rotatable bonds is 3. The molecule has 0 spiro atoms. The summed E-state index contributed by atoms with van der Waals surface area (Å²) in [6.45, 7) is 5.24. The van der Waals surface area contributed by atoms with Crippen molar-refractivity contribution in [3.63, 3.8) is 0 Å². The molecule has 1 N–H and O–H groups in total. The fraction of sp³-hybridized carbons (Fsp3) is 0.571. The minimum Gasteiger partial charge on any atom is -0.380 e. The second-order valence-corrected chi connectivity index (χ2v) is 6.96. The van der Waals surface area contributed by atoms with E-state index in [1.54, 1.807) is 6.07 Å². The molecule has 1 saturated carbocycles. The zero-order chi connectivity index (χ0) is 14.5. The van der Waals surface area contributed by atoms with Gasteiger partial charge in [0.05, 0.1) is 11.0 Å². The van der Waals surface area contributed by atoms with Crippen molar-refractivity contribution >= 4 is 27.3 Å². The van der Waals surface area contributed by atoms with Crippen LogP contribution < -0.4 is 5.32 Å². The van der Waals surface area contributed by atoms with E-state index >= 15 is 0 Å². The van der Waals surface area contributed by atoms with Crippen LogP contribution in [0.5, 0.6) is 0 Å². The molecule has 2 aliphatic rings. The van der Waals surface area contributed by atoms with Gasteiger partial charge in [-0.3, -0.25) is 10.1 Å². The molecule has 3 unspecified atom stereocenters. The number of hydrogen-bond acceptors (Lipinski definition) is 4. The normalized spacial score (nSPS) is 30.4. The van der Waals surface area contributed by atoms with Gasteiger partial charge in [0.1, 0.15) is 0 Å². The molecule has 3 rings (SSSR count). The van der Waals surface area contributed by atoms with Crippen LogP contribution in [-0.4, -0.2) is 23.7 Å². The van der Waals surface area contributed by atoms with Crippen LogP contribution in [0.25, 0.3) is 0 Å². The van der Waals surface area contributed by atoms with Crippen LogP contribution in [0.4, 0.5) is 11.4 Å². The summed E-state index contributed by atoms with van der Waals surface area (Å²) >= 11 is 3.41. The molecule has 3 atom stereocenters. The molecular formula is C14H17BrN2O3. The fourth-order valence-electron chi connectivity index (χ4n) is 3.52. The summed E-state index contributed by atoms with van der Waals surface area (Å²) in [4.78, 5) is 10.4. The van der Waals surface area contributed by atoms with Crippen LogP contribution in [0, 0.1) is 21.4 Å². The lowest BCUT2D eigenvalue weighted by atomic mass is 9.57. The Morgan fingerprint density at radius 3 is 2.90 bits per heavy atom. The van der Waals surface area contributed by atoms with Gasteiger partial charge in [-0.05, 0) is 28.4 Å². The lowest BCUT2D eigenvalue weighted by Gasteiger charge is -2.55. The Kier molecular flexibility index (Phi) is 3.25. The van der Waals surface area contributed by atoms with Crippen LogP contribution in [0.15, 0.2) is 22.7 Å². The Bertz CT molecular complexity index is 561. The molecule has 6 heteroatoms. The summed E-state index contributed by atoms with van der Waals surface area (Å²) in [5.41, 5.74) is 1.08. The molecule has 1 aromatic rings. The summed E-state index contributed by atoms with van der Waals surface area (Å²) in [7, 11) is 0. The van der Waals surface area contributed by atoms with Gasteiger partial charge in [-0.15, -0.1) is 0 Å². The molecule has 1 aliphatic heterocycles. The summed E-state index contributed by atoms with van der Waals surface area (Å²) in [5.74, 6) is 0.534. The first kappa shape index (κ1) is 13.8. The molecule has 1 aromatic carbocycles. The third kappa shape index (κ3) is 2.02. The standard InChI is InChI=1S/C14H17BrN2O3/c1-14(2)12(9-5-6-20-13(9)14)16-11-4-3-8(17(18)19)7-10(11)15/h3-4,7,9,12-13,16H,5-6H2,1-2H3. The first-order valence-corrected chi connectivity index (χ1v) is 7.52. The summed E-state index contributed by atoms with van der Waals surface area (Å²) < 4.78 is 6.50. The van der Waals surface area contributed by atoms with E-state index < -0.39 is 0 Å². The van der Waals surface area contributed by atoms with Gasteiger partial charge < -0.3 is 10.1 Å². The Morgan fingerprint density at radius 1 is 1.50 bits per heavy atom. The number of benzene rings is 1. The highest BCUT2D eigenvalue weighted by atomic mass is 79.9. The predicted molar refractivity (Wildman–Crippen MR) is 79.8 cm³/mol. The minimum absolute atomic E-state index is 0.0857. The van der Waals surface area contributed by atoms with Gasteiger partial charge >= 0.3 is 0 Å². The number of halogens is 1. The van der Waals surface area contributed by atoms with E-state index in [-0.39, 0.29) is 16.0 Å². The maximum Gasteiger partial charge on any atom is 0.270 e. The molecular weight excluding hydrogens is 324 g/mol. The number of nitro benzene ring substituents is 1. The highest BCUT2D eigenvalue weighted by Crippen LogP contribution is 2.53. The fourth-order valence-corrected chi connectivity index (χ4v) is 4.00. The van der Waals surface area contributed by atoms with Crippen LogP contribution in [0.1, 0.15) is 20.3 Å². The van der Waals surface area contributed by atoms with Gasteiger partial charge in [0, 0.05) is 46.3 Å². The smallest absolute Gasteiger partial charge is 0.270 e. The minimum atomic E-state index is -0.386. The molecule has 0 aromatic heterocycles. The largest absolute Gasteiger partial charge is 0.380 e. The van der Waals surface area contributed by atoms with Crippen molar-refractivity contribution in [1.82, 2.24) is 0 Å². The molecule has 2 fully saturated rings. The second kappa shape index (κ2) is 4.70. The number of nitro groups is 1. The first-order chi connectivity index (χ1) is 9.41. The number of anilines is 1. The maximum atomic E-state index is 10.8. The summed E-state index contributed by atoms with van der Waals surface area (Å²) in [6, 6.07) is 5.17. The van der Waals surface area contributed by atoms with E-state index in [4.69, 9.17) is 4.74 Å². The van der Waals surface area contributed by atoms with E-state index in [0.717, 1.165) is 23.2 Å². The van der Waals surface area contributed by atoms with Crippen LogP contribution in [0.2, 0.25) is 0 Å². The molecule has 1 heterocycles. The molecule has 5 nitrogen and oxygen atoms in total. The topological polar surface area (TPSA) is 64.4 Å². The lowest BCUT2D eigenvalue weighted by molar-refractivity contribution is -0.384. The van der Waals surface area contributed by atoms with E-state index in [1.165, 1.54) is 12.1 Å². The zero-order valence-corrected chi connectivity index (χ0v) is 13.0. The molecule has 108 valence electrons. The Morgan fingerprint density at radius 2 is 2.25 bits per heavy atom. The number of ether oxygens (including phenoxy) is 1. The molecule has 0 radical (unpaired) electrons.